The summed E-state index contributed by atoms with van der Waals surface area (Å²) in [6, 6.07) is 0. The van der Waals surface area contributed by atoms with E-state index < -0.39 is 91.5 Å². The first-order valence-electron chi connectivity index (χ1n) is 39.5. The highest BCUT2D eigenvalue weighted by molar-refractivity contribution is 7.47. The summed E-state index contributed by atoms with van der Waals surface area (Å²) in [5, 5.41) is 20.6. The number of aliphatic hydroxyl groups is 2. The molecule has 0 saturated carbocycles. The number of esters is 3. The van der Waals surface area contributed by atoms with Gasteiger partial charge < -0.3 is 34.2 Å². The van der Waals surface area contributed by atoms with Gasteiger partial charge >= 0.3 is 33.6 Å². The van der Waals surface area contributed by atoms with Crippen LogP contribution in [0.25, 0.3) is 0 Å². The molecule has 0 aliphatic rings. The first-order valence-corrected chi connectivity index (χ1v) is 42.5. The first kappa shape index (κ1) is 96.7. The third-order valence-electron chi connectivity index (χ3n) is 16.4. The topological polar surface area (TPSA) is 231 Å². The minimum Gasteiger partial charge on any atom is -0.463 e. The quantitative estimate of drug-likeness (QED) is 0.0146. The second-order valence-electron chi connectivity index (χ2n) is 26.1. The molecule has 0 fully saturated rings. The number of phosphoric acid groups is 2. The van der Waals surface area contributed by atoms with Gasteiger partial charge in [-0.25, -0.2) is 9.13 Å². The number of carbonyl (C=O) groups is 3. The van der Waals surface area contributed by atoms with E-state index in [0.29, 0.717) is 19.3 Å². The summed E-state index contributed by atoms with van der Waals surface area (Å²) in [6.45, 7) is 2.44. The van der Waals surface area contributed by atoms with Gasteiger partial charge in [0.2, 0.25) is 0 Å². The van der Waals surface area contributed by atoms with Gasteiger partial charge in [-0.3, -0.25) is 32.5 Å². The summed E-state index contributed by atoms with van der Waals surface area (Å²) in [6.07, 6.45) is 90.8. The van der Waals surface area contributed by atoms with E-state index in [2.05, 4.69) is 154 Å². The number of ether oxygens (including phenoxy) is 3. The van der Waals surface area contributed by atoms with Crippen molar-refractivity contribution in [3.63, 3.8) is 0 Å². The highest BCUT2D eigenvalue weighted by Crippen LogP contribution is 2.45. The van der Waals surface area contributed by atoms with Gasteiger partial charge in [-0.1, -0.05) is 315 Å². The smallest absolute Gasteiger partial charge is 0.463 e. The Morgan fingerprint density at radius 1 is 0.287 bits per heavy atom. The standard InChI is InChI=1S/C83H142O16P2/c1-4-7-10-13-16-19-22-24-26-28-30-32-34-36-37-38-39-41-43-44-46-48-50-52-55-57-60-63-66-69-81(86)93-72-78(84)73-95-100(89,90)96-74-79(85)75-97-101(91,92)98-77-80(99-83(88)71-68-65-62-59-54-21-18-15-12-9-6-3)76-94-82(87)70-67-64-61-58-56-53-51-49-47-45-42-40-35-33-31-29-27-25-23-20-17-14-11-8-5-2/h7-8,10-11,16-17,19-20,24-27,30-33,36-37,40,42,47,49,78-80,84-85H,4-6,9,12-15,18,21-23,28-29,34-35,38-39,41,43-46,48,50-77H2,1-3H3,(H,89,90)(H,91,92)/b10-7-,11-8-,19-16-,20-17-,26-24-,27-25-,32-30-,33-31-,37-36-,42-40-,49-47-. The molecule has 0 radical (unpaired) electrons. The number of hydrogen-bond donors (Lipinski definition) is 4. The molecule has 0 aliphatic heterocycles. The van der Waals surface area contributed by atoms with E-state index in [9.17, 15) is 43.5 Å². The zero-order valence-electron chi connectivity index (χ0n) is 63.3. The molecule has 0 heterocycles. The molecular formula is C83H142O16P2. The van der Waals surface area contributed by atoms with E-state index in [4.69, 9.17) is 32.3 Å². The van der Waals surface area contributed by atoms with E-state index in [1.807, 2.05) is 0 Å². The van der Waals surface area contributed by atoms with Crippen molar-refractivity contribution in [2.24, 2.45) is 0 Å². The predicted molar refractivity (Wildman–Crippen MR) is 417 cm³/mol. The van der Waals surface area contributed by atoms with Crippen LogP contribution in [0.3, 0.4) is 0 Å². The fourth-order valence-electron chi connectivity index (χ4n) is 10.4. The van der Waals surface area contributed by atoms with Gasteiger partial charge in [0.1, 0.15) is 25.4 Å². The largest absolute Gasteiger partial charge is 0.472 e. The summed E-state index contributed by atoms with van der Waals surface area (Å²) in [7, 11) is -9.79. The minimum absolute atomic E-state index is 0.101. The van der Waals surface area contributed by atoms with Crippen LogP contribution in [0, 0.1) is 0 Å². The Bertz CT molecular complexity index is 2370. The molecule has 0 aromatic carbocycles. The number of unbranched alkanes of at least 4 members (excludes halogenated alkanes) is 29. The molecule has 0 aliphatic carbocycles. The Morgan fingerprint density at radius 3 is 0.832 bits per heavy atom. The van der Waals surface area contributed by atoms with E-state index >= 15 is 0 Å². The van der Waals surface area contributed by atoms with Crippen molar-refractivity contribution in [1.29, 1.82) is 0 Å². The Hall–Kier alpha value is -4.31. The second kappa shape index (κ2) is 75.4. The average molecular weight is 1460 g/mol. The van der Waals surface area contributed by atoms with Gasteiger partial charge in [-0.05, 0) is 116 Å². The molecule has 16 nitrogen and oxygen atoms in total. The van der Waals surface area contributed by atoms with Gasteiger partial charge in [0.25, 0.3) is 0 Å². The number of aliphatic hydroxyl groups excluding tert-OH is 2. The van der Waals surface area contributed by atoms with Crippen molar-refractivity contribution in [2.45, 2.75) is 334 Å². The molecule has 0 saturated heterocycles. The number of phosphoric ester groups is 2. The number of carbonyl (C=O) groups excluding carboxylic acids is 3. The molecule has 0 aromatic rings. The molecule has 18 heteroatoms. The van der Waals surface area contributed by atoms with Gasteiger partial charge in [-0.2, -0.15) is 0 Å². The molecule has 101 heavy (non-hydrogen) atoms. The molecule has 0 aromatic heterocycles. The number of rotatable bonds is 74. The Labute approximate surface area is 614 Å². The van der Waals surface area contributed by atoms with Crippen LogP contribution in [0.1, 0.15) is 316 Å². The fourth-order valence-corrected chi connectivity index (χ4v) is 12.0. The van der Waals surface area contributed by atoms with Crippen LogP contribution in [0.15, 0.2) is 134 Å². The highest BCUT2D eigenvalue weighted by atomic mass is 31.2. The predicted octanol–water partition coefficient (Wildman–Crippen LogP) is 23.1. The summed E-state index contributed by atoms with van der Waals surface area (Å²) in [5.74, 6) is -1.59. The van der Waals surface area contributed by atoms with Crippen molar-refractivity contribution in [3.05, 3.63) is 134 Å². The monoisotopic (exact) mass is 1460 g/mol. The third-order valence-corrected chi connectivity index (χ3v) is 18.3. The molecular weight excluding hydrogens is 1310 g/mol. The molecule has 5 unspecified atom stereocenters. The average Bonchev–Trinajstić information content (AvgIpc) is 0.950. The SMILES string of the molecule is CC/C=C\C/C=C\C/C=C\C/C=C\C/C=C\C/C=C\CCCCCCCCC(=O)OCC(COP(=O)(O)OCC(O)COP(=O)(O)OCC(O)COC(=O)CCCCCCCCCCCCCCC/C=C\C/C=C\C/C=C\C/C=C\C/C=C\CC)OC(=O)CCCCCCCCCCCCC. The summed E-state index contributed by atoms with van der Waals surface area (Å²) in [5.41, 5.74) is 0. The number of allylic oxidation sites excluding steroid dienone is 22. The zero-order valence-corrected chi connectivity index (χ0v) is 65.1. The lowest BCUT2D eigenvalue weighted by Crippen LogP contribution is -2.30. The number of hydrogen-bond acceptors (Lipinski definition) is 14. The van der Waals surface area contributed by atoms with E-state index in [1.165, 1.54) is 96.3 Å². The molecule has 0 spiro atoms. The Morgan fingerprint density at radius 2 is 0.525 bits per heavy atom. The van der Waals surface area contributed by atoms with Crippen LogP contribution in [0.4, 0.5) is 0 Å². The van der Waals surface area contributed by atoms with Crippen molar-refractivity contribution >= 4 is 33.6 Å². The van der Waals surface area contributed by atoms with Crippen molar-refractivity contribution in [3.8, 4) is 0 Å². The maximum absolute atomic E-state index is 12.9. The summed E-state index contributed by atoms with van der Waals surface area (Å²) >= 11 is 0. The lowest BCUT2D eigenvalue weighted by molar-refractivity contribution is -0.161. The van der Waals surface area contributed by atoms with E-state index in [0.717, 1.165) is 161 Å². The molecule has 580 valence electrons. The van der Waals surface area contributed by atoms with Gasteiger partial charge in [0.05, 0.1) is 26.4 Å². The first-order chi connectivity index (χ1) is 49.2. The van der Waals surface area contributed by atoms with Gasteiger partial charge in [0, 0.05) is 19.3 Å². The van der Waals surface area contributed by atoms with Crippen LogP contribution < -0.4 is 0 Å². The molecule has 5 atom stereocenters. The van der Waals surface area contributed by atoms with Crippen LogP contribution in [-0.4, -0.2) is 95.9 Å². The minimum atomic E-state index is -4.93. The maximum Gasteiger partial charge on any atom is 0.472 e. The fraction of sp³-hybridized carbons (Fsp3) is 0.699. The van der Waals surface area contributed by atoms with E-state index in [1.54, 1.807) is 0 Å². The molecule has 0 amide bonds. The zero-order chi connectivity index (χ0) is 73.7. The molecule has 4 N–H and O–H groups in total. The summed E-state index contributed by atoms with van der Waals surface area (Å²) in [4.78, 5) is 58.6. The lowest BCUT2D eigenvalue weighted by Gasteiger charge is -2.21. The van der Waals surface area contributed by atoms with Gasteiger partial charge in [0.15, 0.2) is 6.10 Å². The molecule has 0 bridgehead atoms. The Balaban J connectivity index is 4.46. The van der Waals surface area contributed by atoms with Crippen LogP contribution in [0.5, 0.6) is 0 Å². The van der Waals surface area contributed by atoms with Crippen LogP contribution >= 0.6 is 15.6 Å². The van der Waals surface area contributed by atoms with Gasteiger partial charge in [-0.15, -0.1) is 0 Å². The van der Waals surface area contributed by atoms with E-state index in [-0.39, 0.29) is 19.3 Å². The van der Waals surface area contributed by atoms with Crippen molar-refractivity contribution in [1.82, 2.24) is 0 Å². The third kappa shape index (κ3) is 76.6. The Kier molecular flexibility index (Phi) is 72.2. The maximum atomic E-state index is 12.9. The normalized spacial score (nSPS) is 14.7. The van der Waals surface area contributed by atoms with Crippen molar-refractivity contribution < 1.29 is 75.8 Å². The lowest BCUT2D eigenvalue weighted by atomic mass is 10.0. The second-order valence-corrected chi connectivity index (χ2v) is 29.0. The summed E-state index contributed by atoms with van der Waals surface area (Å²) < 4.78 is 61.1. The highest BCUT2D eigenvalue weighted by Gasteiger charge is 2.29. The van der Waals surface area contributed by atoms with Crippen LogP contribution in [0.2, 0.25) is 0 Å². The molecule has 0 rings (SSSR count). The van der Waals surface area contributed by atoms with Crippen molar-refractivity contribution in [2.75, 3.05) is 39.6 Å². The van der Waals surface area contributed by atoms with Crippen LogP contribution in [-0.2, 0) is 55.8 Å².